The highest BCUT2D eigenvalue weighted by molar-refractivity contribution is 4.93. The molecule has 0 radical (unpaired) electrons. The van der Waals surface area contributed by atoms with Gasteiger partial charge in [0.15, 0.2) is 0 Å². The minimum absolute atomic E-state index is 0.749. The maximum absolute atomic E-state index is 3.87. The van der Waals surface area contributed by atoms with E-state index < -0.39 is 0 Å². The van der Waals surface area contributed by atoms with E-state index in [2.05, 4.69) is 37.9 Å². The summed E-state index contributed by atoms with van der Waals surface area (Å²) < 4.78 is 0. The molecule has 0 spiro atoms. The Labute approximate surface area is 133 Å². The van der Waals surface area contributed by atoms with Gasteiger partial charge in [-0.25, -0.2) is 0 Å². The van der Waals surface area contributed by atoms with Crippen molar-refractivity contribution in [3.63, 3.8) is 0 Å². The van der Waals surface area contributed by atoms with Crippen molar-refractivity contribution in [3.05, 3.63) is 0 Å². The maximum Gasteiger partial charge on any atom is 0.0252 e. The van der Waals surface area contributed by atoms with Crippen LogP contribution in [0.1, 0.15) is 72.6 Å². The van der Waals surface area contributed by atoms with E-state index in [1.807, 2.05) is 0 Å². The number of hydrogen-bond acceptors (Lipinski definition) is 2. The highest BCUT2D eigenvalue weighted by Gasteiger charge is 2.36. The molecule has 1 saturated carbocycles. The SMILES string of the molecule is CCCNC1CCC(CCC)CC1N1CCC(C)C(C)C1. The van der Waals surface area contributed by atoms with Gasteiger partial charge in [-0.15, -0.1) is 0 Å². The molecule has 0 aromatic rings. The van der Waals surface area contributed by atoms with Crippen LogP contribution in [0.25, 0.3) is 0 Å². The Morgan fingerprint density at radius 1 is 1.00 bits per heavy atom. The first kappa shape index (κ1) is 17.3. The first-order valence-electron chi connectivity index (χ1n) is 9.63. The molecule has 124 valence electrons. The summed E-state index contributed by atoms with van der Waals surface area (Å²) in [6, 6.07) is 1.55. The lowest BCUT2D eigenvalue weighted by Crippen LogP contribution is -2.56. The molecular weight excluding hydrogens is 256 g/mol. The minimum Gasteiger partial charge on any atom is -0.312 e. The second-order valence-electron chi connectivity index (χ2n) is 7.83. The van der Waals surface area contributed by atoms with Crippen molar-refractivity contribution >= 4 is 0 Å². The van der Waals surface area contributed by atoms with Crippen LogP contribution in [0.15, 0.2) is 0 Å². The molecule has 2 fully saturated rings. The number of likely N-dealkylation sites (tertiary alicyclic amines) is 1. The van der Waals surface area contributed by atoms with Crippen LogP contribution in [0.2, 0.25) is 0 Å². The summed E-state index contributed by atoms with van der Waals surface area (Å²) in [5.41, 5.74) is 0. The maximum atomic E-state index is 3.87. The molecule has 5 atom stereocenters. The van der Waals surface area contributed by atoms with E-state index in [1.165, 1.54) is 64.6 Å². The van der Waals surface area contributed by atoms with Crippen LogP contribution in [-0.2, 0) is 0 Å². The molecular formula is C19H38N2. The molecule has 2 rings (SSSR count). The van der Waals surface area contributed by atoms with Crippen molar-refractivity contribution in [1.82, 2.24) is 10.2 Å². The smallest absolute Gasteiger partial charge is 0.0252 e. The summed E-state index contributed by atoms with van der Waals surface area (Å²) in [6.07, 6.45) is 9.75. The molecule has 0 aromatic carbocycles. The minimum atomic E-state index is 0.749. The summed E-state index contributed by atoms with van der Waals surface area (Å²) in [4.78, 5) is 2.85. The van der Waals surface area contributed by atoms with Crippen LogP contribution in [0.5, 0.6) is 0 Å². The molecule has 0 bridgehead atoms. The van der Waals surface area contributed by atoms with Gasteiger partial charge in [-0.2, -0.15) is 0 Å². The van der Waals surface area contributed by atoms with E-state index in [4.69, 9.17) is 0 Å². The first-order valence-corrected chi connectivity index (χ1v) is 9.63. The van der Waals surface area contributed by atoms with Crippen LogP contribution >= 0.6 is 0 Å². The molecule has 5 unspecified atom stereocenters. The standard InChI is InChI=1S/C19H38N2/c1-5-7-17-8-9-18(20-11-6-2)19(13-17)21-12-10-15(3)16(4)14-21/h15-20H,5-14H2,1-4H3. The Morgan fingerprint density at radius 3 is 2.48 bits per heavy atom. The summed E-state index contributed by atoms with van der Waals surface area (Å²) >= 11 is 0. The summed E-state index contributed by atoms with van der Waals surface area (Å²) in [7, 11) is 0. The Hall–Kier alpha value is -0.0800. The third kappa shape index (κ3) is 4.69. The molecule has 2 nitrogen and oxygen atoms in total. The summed E-state index contributed by atoms with van der Waals surface area (Å²) in [6.45, 7) is 13.4. The monoisotopic (exact) mass is 294 g/mol. The number of piperidine rings is 1. The zero-order valence-electron chi connectivity index (χ0n) is 14.9. The lowest BCUT2D eigenvalue weighted by atomic mass is 9.77. The molecule has 21 heavy (non-hydrogen) atoms. The number of rotatable bonds is 6. The fraction of sp³-hybridized carbons (Fsp3) is 1.00. The largest absolute Gasteiger partial charge is 0.312 e. The zero-order chi connectivity index (χ0) is 15.2. The van der Waals surface area contributed by atoms with Gasteiger partial charge in [0, 0.05) is 18.6 Å². The van der Waals surface area contributed by atoms with Gasteiger partial charge in [0.2, 0.25) is 0 Å². The van der Waals surface area contributed by atoms with Crippen molar-refractivity contribution in [2.75, 3.05) is 19.6 Å². The van der Waals surface area contributed by atoms with Gasteiger partial charge in [0.1, 0.15) is 0 Å². The Kier molecular flexibility index (Phi) is 7.01. The van der Waals surface area contributed by atoms with E-state index >= 15 is 0 Å². The second kappa shape index (κ2) is 8.53. The highest BCUT2D eigenvalue weighted by atomic mass is 15.2. The first-order chi connectivity index (χ1) is 10.2. The van der Waals surface area contributed by atoms with E-state index in [0.717, 1.165) is 29.8 Å². The average Bonchev–Trinajstić information content (AvgIpc) is 2.49. The summed E-state index contributed by atoms with van der Waals surface area (Å²) in [5.74, 6) is 2.77. The molecule has 0 amide bonds. The van der Waals surface area contributed by atoms with Gasteiger partial charge < -0.3 is 5.32 Å². The van der Waals surface area contributed by atoms with E-state index in [9.17, 15) is 0 Å². The third-order valence-corrected chi connectivity index (χ3v) is 6.11. The molecule has 1 aliphatic carbocycles. The van der Waals surface area contributed by atoms with Gasteiger partial charge in [-0.3, -0.25) is 4.90 Å². The van der Waals surface area contributed by atoms with Crippen LogP contribution < -0.4 is 5.32 Å². The van der Waals surface area contributed by atoms with Crippen LogP contribution in [0.4, 0.5) is 0 Å². The van der Waals surface area contributed by atoms with Crippen molar-refractivity contribution in [2.24, 2.45) is 17.8 Å². The second-order valence-corrected chi connectivity index (χ2v) is 7.83. The average molecular weight is 295 g/mol. The van der Waals surface area contributed by atoms with E-state index in [1.54, 1.807) is 0 Å². The Bertz CT molecular complexity index is 291. The van der Waals surface area contributed by atoms with Crippen LogP contribution in [0.3, 0.4) is 0 Å². The van der Waals surface area contributed by atoms with Crippen LogP contribution in [-0.4, -0.2) is 36.6 Å². The summed E-state index contributed by atoms with van der Waals surface area (Å²) in [5, 5.41) is 3.87. The molecule has 1 saturated heterocycles. The fourth-order valence-electron chi connectivity index (χ4n) is 4.47. The van der Waals surface area contributed by atoms with Crippen LogP contribution in [0, 0.1) is 17.8 Å². The quantitative estimate of drug-likeness (QED) is 0.785. The van der Waals surface area contributed by atoms with Gasteiger partial charge >= 0.3 is 0 Å². The fourth-order valence-corrected chi connectivity index (χ4v) is 4.47. The highest BCUT2D eigenvalue weighted by Crippen LogP contribution is 2.34. The van der Waals surface area contributed by atoms with Gasteiger partial charge in [0.25, 0.3) is 0 Å². The normalized spacial score (nSPS) is 38.6. The predicted molar refractivity (Wildman–Crippen MR) is 92.6 cm³/mol. The Morgan fingerprint density at radius 2 is 1.81 bits per heavy atom. The molecule has 1 aliphatic heterocycles. The van der Waals surface area contributed by atoms with Crippen molar-refractivity contribution in [3.8, 4) is 0 Å². The lowest BCUT2D eigenvalue weighted by Gasteiger charge is -2.47. The number of nitrogens with zero attached hydrogens (tertiary/aromatic N) is 1. The van der Waals surface area contributed by atoms with Crippen molar-refractivity contribution in [2.45, 2.75) is 84.7 Å². The predicted octanol–water partition coefficient (Wildman–Crippen LogP) is 4.30. The van der Waals surface area contributed by atoms with Gasteiger partial charge in [0.05, 0.1) is 0 Å². The molecule has 2 heteroatoms. The van der Waals surface area contributed by atoms with E-state index in [-0.39, 0.29) is 0 Å². The van der Waals surface area contributed by atoms with Gasteiger partial charge in [-0.05, 0) is 62.9 Å². The molecule has 1 heterocycles. The zero-order valence-corrected chi connectivity index (χ0v) is 14.9. The van der Waals surface area contributed by atoms with Gasteiger partial charge in [-0.1, -0.05) is 40.5 Å². The molecule has 0 aromatic heterocycles. The molecule has 2 aliphatic rings. The third-order valence-electron chi connectivity index (χ3n) is 6.11. The molecule has 1 N–H and O–H groups in total. The van der Waals surface area contributed by atoms with Crippen molar-refractivity contribution < 1.29 is 0 Å². The lowest BCUT2D eigenvalue weighted by molar-refractivity contribution is 0.0423. The number of hydrogen-bond donors (Lipinski definition) is 1. The Balaban J connectivity index is 1.98. The van der Waals surface area contributed by atoms with Crippen molar-refractivity contribution in [1.29, 1.82) is 0 Å². The topological polar surface area (TPSA) is 15.3 Å². The van der Waals surface area contributed by atoms with E-state index in [0.29, 0.717) is 0 Å². The number of nitrogens with one attached hydrogen (secondary N) is 1.